The average molecular weight is 633 g/mol. The van der Waals surface area contributed by atoms with Crippen molar-refractivity contribution >= 4 is 62.7 Å². The predicted octanol–water partition coefficient (Wildman–Crippen LogP) is 7.03. The number of thiocarbonyl (C=S) groups is 1. The summed E-state index contributed by atoms with van der Waals surface area (Å²) in [6.07, 6.45) is 9.89. The lowest BCUT2D eigenvalue weighted by Gasteiger charge is -2.25. The van der Waals surface area contributed by atoms with Crippen molar-refractivity contribution in [1.29, 1.82) is 0 Å². The van der Waals surface area contributed by atoms with Gasteiger partial charge in [0.1, 0.15) is 10.1 Å². The van der Waals surface area contributed by atoms with Gasteiger partial charge >= 0.3 is 0 Å². The number of carbonyl (C=O) groups is 2. The highest BCUT2D eigenvalue weighted by molar-refractivity contribution is 8.26. The third-order valence-electron chi connectivity index (χ3n) is 8.00. The zero-order valence-electron chi connectivity index (χ0n) is 24.1. The number of thiazole rings is 1. The molecule has 0 unspecified atom stereocenters. The van der Waals surface area contributed by atoms with E-state index in [1.54, 1.807) is 16.2 Å². The monoisotopic (exact) mass is 632 g/mol. The third kappa shape index (κ3) is 7.92. The van der Waals surface area contributed by atoms with Gasteiger partial charge in [0.15, 0.2) is 5.13 Å². The van der Waals surface area contributed by atoms with Gasteiger partial charge in [-0.05, 0) is 61.4 Å². The van der Waals surface area contributed by atoms with Gasteiger partial charge in [0, 0.05) is 43.9 Å². The second-order valence-electron chi connectivity index (χ2n) is 11.3. The fourth-order valence-corrected chi connectivity index (χ4v) is 8.10. The van der Waals surface area contributed by atoms with Crippen molar-refractivity contribution in [3.63, 3.8) is 0 Å². The first-order valence-electron chi connectivity index (χ1n) is 15.1. The lowest BCUT2D eigenvalue weighted by molar-refractivity contribution is -0.122. The highest BCUT2D eigenvalue weighted by atomic mass is 32.2. The number of carbonyl (C=O) groups excluding carboxylic acids is 2. The number of anilines is 1. The minimum Gasteiger partial charge on any atom is -0.490 e. The Morgan fingerprint density at radius 2 is 1.88 bits per heavy atom. The number of aromatic nitrogens is 1. The molecule has 7 nitrogen and oxygen atoms in total. The summed E-state index contributed by atoms with van der Waals surface area (Å²) in [5, 5.41) is 3.62. The van der Waals surface area contributed by atoms with Crippen molar-refractivity contribution < 1.29 is 14.3 Å². The zero-order chi connectivity index (χ0) is 29.6. The van der Waals surface area contributed by atoms with Crippen molar-refractivity contribution in [2.75, 3.05) is 18.4 Å². The van der Waals surface area contributed by atoms with Crippen molar-refractivity contribution in [2.45, 2.75) is 70.6 Å². The Balaban J connectivity index is 0.956. The summed E-state index contributed by atoms with van der Waals surface area (Å²) in [7, 11) is 0. The van der Waals surface area contributed by atoms with Crippen LogP contribution in [0.5, 0.6) is 5.75 Å². The van der Waals surface area contributed by atoms with Gasteiger partial charge in [0.05, 0.1) is 16.7 Å². The van der Waals surface area contributed by atoms with E-state index >= 15 is 0 Å². The number of ether oxygens (including phenoxy) is 1. The number of fused-ring (bicyclic) bond motifs is 1. The Morgan fingerprint density at radius 3 is 2.67 bits per heavy atom. The molecule has 0 radical (unpaired) electrons. The van der Waals surface area contributed by atoms with E-state index in [0.717, 1.165) is 55.9 Å². The molecule has 1 saturated heterocycles. The molecule has 3 aromatic rings. The number of nitrogens with one attached hydrogen (secondary N) is 1. The van der Waals surface area contributed by atoms with Crippen LogP contribution in [0.2, 0.25) is 0 Å². The topological polar surface area (TPSA) is 74.8 Å². The molecular weight excluding hydrogens is 597 g/mol. The average Bonchev–Trinajstić information content (AvgIpc) is 3.53. The van der Waals surface area contributed by atoms with E-state index in [1.807, 2.05) is 36.4 Å². The third-order valence-corrected chi connectivity index (χ3v) is 10.4. The maximum absolute atomic E-state index is 13.1. The van der Waals surface area contributed by atoms with Crippen LogP contribution in [0.1, 0.15) is 66.6 Å². The van der Waals surface area contributed by atoms with Crippen molar-refractivity contribution in [2.24, 2.45) is 0 Å². The molecule has 1 aromatic heterocycles. The summed E-state index contributed by atoms with van der Waals surface area (Å²) in [5.41, 5.74) is 3.32. The van der Waals surface area contributed by atoms with Gasteiger partial charge in [-0.3, -0.25) is 19.4 Å². The molecule has 2 aromatic carbocycles. The highest BCUT2D eigenvalue weighted by Crippen LogP contribution is 2.34. The first-order valence-corrected chi connectivity index (χ1v) is 17.1. The summed E-state index contributed by atoms with van der Waals surface area (Å²) in [6, 6.07) is 18.4. The lowest BCUT2D eigenvalue weighted by Crippen LogP contribution is -2.29. The van der Waals surface area contributed by atoms with E-state index in [-0.39, 0.29) is 11.8 Å². The van der Waals surface area contributed by atoms with E-state index < -0.39 is 0 Å². The fraction of sp³-hybridized carbons (Fsp3) is 0.394. The number of rotatable bonds is 10. The highest BCUT2D eigenvalue weighted by Gasteiger charge is 2.31. The van der Waals surface area contributed by atoms with Crippen LogP contribution < -0.4 is 10.1 Å². The molecule has 1 N–H and O–H groups in total. The van der Waals surface area contributed by atoms with Crippen LogP contribution >= 0.6 is 35.3 Å². The molecule has 2 fully saturated rings. The van der Waals surface area contributed by atoms with Crippen LogP contribution in [0.4, 0.5) is 5.13 Å². The number of thioether (sulfide) groups is 1. The summed E-state index contributed by atoms with van der Waals surface area (Å²) >= 11 is 8.37. The Labute approximate surface area is 266 Å². The SMILES string of the molecule is O=C(CCCN1C(=O)/C(=C/c2ccc(OC3CCCCC3)cc2)SC1=S)Nc1nc2c(s1)CN(Cc1ccccc1)CC2. The van der Waals surface area contributed by atoms with E-state index in [4.69, 9.17) is 17.0 Å². The number of benzene rings is 2. The minimum atomic E-state index is -0.106. The maximum atomic E-state index is 13.1. The van der Waals surface area contributed by atoms with Gasteiger partial charge < -0.3 is 10.1 Å². The molecule has 224 valence electrons. The molecule has 3 heterocycles. The normalized spacial score (nSPS) is 18.7. The van der Waals surface area contributed by atoms with Gasteiger partial charge in [-0.15, -0.1) is 11.3 Å². The van der Waals surface area contributed by atoms with E-state index in [2.05, 4.69) is 39.5 Å². The van der Waals surface area contributed by atoms with Gasteiger partial charge in [0.25, 0.3) is 5.91 Å². The van der Waals surface area contributed by atoms with Crippen LogP contribution in [0.25, 0.3) is 6.08 Å². The number of amides is 2. The van der Waals surface area contributed by atoms with Gasteiger partial charge in [-0.1, -0.05) is 72.9 Å². The molecule has 43 heavy (non-hydrogen) atoms. The standard InChI is InChI=1S/C33H36N4O3S3/c38-30(35-32-34-27-17-19-36(22-29(27)42-32)21-24-8-3-1-4-9-24)12-7-18-37-31(39)28(43-33(37)41)20-23-13-15-26(16-14-23)40-25-10-5-2-6-11-25/h1,3-4,8-9,13-16,20,25H,2,5-7,10-12,17-19,21-22H2,(H,34,35,38)/b28-20-. The Bertz CT molecular complexity index is 1480. The minimum absolute atomic E-state index is 0.0937. The van der Waals surface area contributed by atoms with Crippen LogP contribution in [0.3, 0.4) is 0 Å². The summed E-state index contributed by atoms with van der Waals surface area (Å²) in [4.78, 5) is 36.3. The predicted molar refractivity (Wildman–Crippen MR) is 178 cm³/mol. The second-order valence-corrected chi connectivity index (χ2v) is 14.0. The van der Waals surface area contributed by atoms with Crippen LogP contribution in [0, 0.1) is 0 Å². The molecule has 2 aliphatic heterocycles. The van der Waals surface area contributed by atoms with Crippen molar-refractivity contribution in [3.8, 4) is 5.75 Å². The fourth-order valence-electron chi connectivity index (χ4n) is 5.72. The number of hydrogen-bond acceptors (Lipinski definition) is 8. The Kier molecular flexibility index (Phi) is 9.88. The van der Waals surface area contributed by atoms with Gasteiger partial charge in [-0.2, -0.15) is 0 Å². The van der Waals surface area contributed by atoms with Crippen molar-refractivity contribution in [3.05, 3.63) is 81.2 Å². The maximum Gasteiger partial charge on any atom is 0.266 e. The van der Waals surface area contributed by atoms with Crippen LogP contribution in [-0.4, -0.2) is 50.1 Å². The molecule has 10 heteroatoms. The molecule has 1 aliphatic carbocycles. The molecule has 3 aliphatic rings. The molecule has 0 spiro atoms. The van der Waals surface area contributed by atoms with Crippen molar-refractivity contribution in [1.82, 2.24) is 14.8 Å². The summed E-state index contributed by atoms with van der Waals surface area (Å²) in [6.45, 7) is 3.12. The first kappa shape index (κ1) is 30.0. The lowest BCUT2D eigenvalue weighted by atomic mass is 9.98. The first-order chi connectivity index (χ1) is 21.0. The largest absolute Gasteiger partial charge is 0.490 e. The molecule has 6 rings (SSSR count). The summed E-state index contributed by atoms with van der Waals surface area (Å²) < 4.78 is 6.65. The smallest absolute Gasteiger partial charge is 0.266 e. The molecule has 2 amide bonds. The second kappa shape index (κ2) is 14.2. The number of hydrogen-bond donors (Lipinski definition) is 1. The molecule has 0 atom stereocenters. The molecule has 1 saturated carbocycles. The van der Waals surface area contributed by atoms with E-state index in [0.29, 0.717) is 39.8 Å². The quantitative estimate of drug-likeness (QED) is 0.190. The van der Waals surface area contributed by atoms with Gasteiger partial charge in [0.2, 0.25) is 5.91 Å². The van der Waals surface area contributed by atoms with Crippen LogP contribution in [-0.2, 0) is 29.1 Å². The molecular formula is C33H36N4O3S3. The summed E-state index contributed by atoms with van der Waals surface area (Å²) in [5.74, 6) is 0.673. The van der Waals surface area contributed by atoms with Gasteiger partial charge in [-0.25, -0.2) is 4.98 Å². The van der Waals surface area contributed by atoms with E-state index in [1.165, 1.54) is 41.5 Å². The Hall–Kier alpha value is -3.05. The zero-order valence-corrected chi connectivity index (χ0v) is 26.6. The molecule has 0 bridgehead atoms. The van der Waals surface area contributed by atoms with E-state index in [9.17, 15) is 9.59 Å². The Morgan fingerprint density at radius 1 is 1.09 bits per heavy atom. The number of nitrogens with zero attached hydrogens (tertiary/aromatic N) is 3. The van der Waals surface area contributed by atoms with Crippen LogP contribution in [0.15, 0.2) is 59.5 Å².